The fourth-order valence-corrected chi connectivity index (χ4v) is 8.15. The van der Waals surface area contributed by atoms with E-state index in [2.05, 4.69) is 42.5 Å². The molecule has 3 N–H and O–H groups in total. The normalized spacial score (nSPS) is 29.0. The lowest BCUT2D eigenvalue weighted by molar-refractivity contribution is -0.147. The molecule has 3 saturated carbocycles. The number of aliphatic imine (C=N–C) groups is 1. The third-order valence-electron chi connectivity index (χ3n) is 10.1. The van der Waals surface area contributed by atoms with Crippen LogP contribution in [-0.4, -0.2) is 57.4 Å². The van der Waals surface area contributed by atoms with Crippen molar-refractivity contribution in [2.75, 3.05) is 19.6 Å². The number of guanidine groups is 1. The molecular weight excluding hydrogens is 527 g/mol. The molecule has 4 fully saturated rings. The van der Waals surface area contributed by atoms with Crippen LogP contribution in [0.4, 0.5) is 5.69 Å². The Hall–Kier alpha value is -2.28. The van der Waals surface area contributed by atoms with Crippen LogP contribution in [0.3, 0.4) is 0 Å². The van der Waals surface area contributed by atoms with Crippen LogP contribution in [0, 0.1) is 23.2 Å². The quantitative estimate of drug-likeness (QED) is 0.267. The molecule has 0 radical (unpaired) electrons. The number of fused-ring (bicyclic) bond motifs is 3. The van der Waals surface area contributed by atoms with Crippen LogP contribution in [0.15, 0.2) is 41.4 Å². The molecule has 1 unspecified atom stereocenters. The minimum absolute atomic E-state index is 0.465. The number of halogens is 2. The molecule has 0 spiro atoms. The van der Waals surface area contributed by atoms with Crippen molar-refractivity contribution in [3.05, 3.63) is 57.8 Å². The number of hydrogen-bond acceptors (Lipinski definition) is 3. The molecular formula is C31H40Cl2N6. The number of nitrogens with one attached hydrogen (secondary N) is 1. The van der Waals surface area contributed by atoms with E-state index < -0.39 is 0 Å². The second-order valence-corrected chi connectivity index (χ2v) is 13.5. The Morgan fingerprint density at radius 2 is 1.92 bits per heavy atom. The average Bonchev–Trinajstić information content (AvgIpc) is 3.30. The first-order valence-electron chi connectivity index (χ1n) is 14.4. The number of nitrogens with zero attached hydrogens (tertiary/aromatic N) is 4. The molecule has 1 saturated heterocycles. The Labute approximate surface area is 242 Å². The van der Waals surface area contributed by atoms with Crippen molar-refractivity contribution in [1.82, 2.24) is 19.8 Å². The summed E-state index contributed by atoms with van der Waals surface area (Å²) in [5.74, 6) is 4.03. The summed E-state index contributed by atoms with van der Waals surface area (Å²) in [6.45, 7) is 12.7. The Morgan fingerprint density at radius 3 is 2.64 bits per heavy atom. The highest BCUT2D eigenvalue weighted by molar-refractivity contribution is 6.35. The maximum Gasteiger partial charge on any atom is 0.196 e. The zero-order valence-corrected chi connectivity index (χ0v) is 24.9. The molecule has 3 aromatic rings. The number of aromatic amines is 1. The topological polar surface area (TPSA) is 73.5 Å². The van der Waals surface area contributed by atoms with Gasteiger partial charge in [-0.25, -0.2) is 9.98 Å². The highest BCUT2D eigenvalue weighted by atomic mass is 35.5. The van der Waals surface area contributed by atoms with Crippen LogP contribution in [0.5, 0.6) is 0 Å². The number of hydrogen-bond donors (Lipinski definition) is 2. The van der Waals surface area contributed by atoms with Gasteiger partial charge in [-0.3, -0.25) is 4.90 Å². The average molecular weight is 568 g/mol. The zero-order valence-electron chi connectivity index (χ0n) is 23.4. The van der Waals surface area contributed by atoms with Crippen molar-refractivity contribution < 1.29 is 0 Å². The molecule has 208 valence electrons. The SMILES string of the molecule is CC1[C@@H](N2CCN(C(N)=Nc3ccc4nc(CCc5ccc(Cl)cc5Cl)[nH]c4c3)C[C@@H]2C)C[C@@H]2C[C@@H]1C2(C)C. The molecule has 2 bridgehead atoms. The second-order valence-electron chi connectivity index (χ2n) is 12.6. The van der Waals surface area contributed by atoms with E-state index in [1.54, 1.807) is 6.07 Å². The Balaban J connectivity index is 1.09. The predicted octanol–water partition coefficient (Wildman–Crippen LogP) is 6.68. The van der Waals surface area contributed by atoms with Gasteiger partial charge in [0.2, 0.25) is 0 Å². The van der Waals surface area contributed by atoms with Gasteiger partial charge in [-0.15, -0.1) is 0 Å². The van der Waals surface area contributed by atoms with Crippen LogP contribution in [0.25, 0.3) is 11.0 Å². The van der Waals surface area contributed by atoms with E-state index in [0.29, 0.717) is 33.5 Å². The van der Waals surface area contributed by atoms with Gasteiger partial charge in [-0.05, 0) is 85.3 Å². The number of aryl methyl sites for hydroxylation is 2. The number of benzene rings is 2. The Morgan fingerprint density at radius 1 is 1.10 bits per heavy atom. The van der Waals surface area contributed by atoms with E-state index in [0.717, 1.165) is 78.3 Å². The first kappa shape index (κ1) is 26.9. The van der Waals surface area contributed by atoms with Crippen molar-refractivity contribution >= 4 is 45.9 Å². The summed E-state index contributed by atoms with van der Waals surface area (Å²) in [6, 6.07) is 12.8. The maximum absolute atomic E-state index is 6.55. The summed E-state index contributed by atoms with van der Waals surface area (Å²) < 4.78 is 0. The standard InChI is InChI=1S/C31H40Cl2N6/c1-18-17-38(11-12-39(18)28-14-21-13-24(19(28)2)31(21,3)4)30(34)35-23-8-9-26-27(16-23)37-29(36-26)10-6-20-5-7-22(32)15-25(20)33/h5,7-9,15-16,18-19,21,24,28H,6,10-14,17H2,1-4H3,(H2,34,35)(H,36,37)/t18-,19?,21-,24-,28-/m0/s1. The van der Waals surface area contributed by atoms with Crippen LogP contribution < -0.4 is 5.73 Å². The molecule has 3 aliphatic carbocycles. The summed E-state index contributed by atoms with van der Waals surface area (Å²) in [7, 11) is 0. The maximum atomic E-state index is 6.55. The van der Waals surface area contributed by atoms with Crippen molar-refractivity contribution in [2.24, 2.45) is 33.9 Å². The van der Waals surface area contributed by atoms with E-state index in [9.17, 15) is 0 Å². The molecule has 8 heteroatoms. The van der Waals surface area contributed by atoms with Gasteiger partial charge in [0.05, 0.1) is 16.7 Å². The monoisotopic (exact) mass is 566 g/mol. The third-order valence-corrected chi connectivity index (χ3v) is 10.7. The highest BCUT2D eigenvalue weighted by Gasteiger charge is 2.57. The summed E-state index contributed by atoms with van der Waals surface area (Å²) in [5.41, 5.74) is 10.9. The van der Waals surface area contributed by atoms with Gasteiger partial charge in [0.25, 0.3) is 0 Å². The summed E-state index contributed by atoms with van der Waals surface area (Å²) in [4.78, 5) is 18.0. The first-order valence-corrected chi connectivity index (χ1v) is 15.1. The molecule has 0 amide bonds. The van der Waals surface area contributed by atoms with Crippen LogP contribution in [0.2, 0.25) is 10.0 Å². The molecule has 2 aromatic carbocycles. The Kier molecular flexibility index (Phi) is 7.10. The van der Waals surface area contributed by atoms with Gasteiger partial charge in [-0.2, -0.15) is 0 Å². The fraction of sp³-hybridized carbons (Fsp3) is 0.548. The predicted molar refractivity (Wildman–Crippen MR) is 162 cm³/mol. The highest BCUT2D eigenvalue weighted by Crippen LogP contribution is 2.62. The van der Waals surface area contributed by atoms with Gasteiger partial charge in [0.15, 0.2) is 5.96 Å². The number of nitrogens with two attached hydrogens (primary N) is 1. The summed E-state index contributed by atoms with van der Waals surface area (Å²) in [6.07, 6.45) is 4.32. The number of imidazole rings is 1. The van der Waals surface area contributed by atoms with Crippen LogP contribution in [0.1, 0.15) is 51.9 Å². The van der Waals surface area contributed by atoms with Gasteiger partial charge in [0, 0.05) is 48.2 Å². The van der Waals surface area contributed by atoms with Gasteiger partial charge < -0.3 is 15.6 Å². The van der Waals surface area contributed by atoms with E-state index in [1.807, 2.05) is 30.3 Å². The van der Waals surface area contributed by atoms with E-state index in [4.69, 9.17) is 38.9 Å². The lowest BCUT2D eigenvalue weighted by atomic mass is 9.44. The minimum atomic E-state index is 0.465. The Bertz CT molecular complexity index is 1400. The third kappa shape index (κ3) is 5.05. The van der Waals surface area contributed by atoms with E-state index in [-0.39, 0.29) is 0 Å². The van der Waals surface area contributed by atoms with Crippen LogP contribution in [-0.2, 0) is 12.8 Å². The number of rotatable bonds is 5. The minimum Gasteiger partial charge on any atom is -0.369 e. The summed E-state index contributed by atoms with van der Waals surface area (Å²) >= 11 is 12.4. The second kappa shape index (κ2) is 10.3. The molecule has 7 rings (SSSR count). The largest absolute Gasteiger partial charge is 0.369 e. The van der Waals surface area contributed by atoms with Gasteiger partial charge >= 0.3 is 0 Å². The van der Waals surface area contributed by atoms with E-state index >= 15 is 0 Å². The zero-order chi connectivity index (χ0) is 27.5. The molecule has 1 aromatic heterocycles. The molecule has 6 nitrogen and oxygen atoms in total. The van der Waals surface area contributed by atoms with Gasteiger partial charge in [-0.1, -0.05) is 50.0 Å². The molecule has 4 aliphatic rings. The summed E-state index contributed by atoms with van der Waals surface area (Å²) in [5, 5.41) is 1.34. The van der Waals surface area contributed by atoms with Crippen molar-refractivity contribution in [2.45, 2.75) is 65.5 Å². The first-order chi connectivity index (χ1) is 18.6. The number of piperazine rings is 1. The lowest BCUT2D eigenvalue weighted by Crippen LogP contribution is -2.65. The van der Waals surface area contributed by atoms with Crippen molar-refractivity contribution in [3.8, 4) is 0 Å². The molecule has 2 heterocycles. The van der Waals surface area contributed by atoms with Crippen molar-refractivity contribution in [1.29, 1.82) is 0 Å². The van der Waals surface area contributed by atoms with Gasteiger partial charge in [0.1, 0.15) is 5.82 Å². The smallest absolute Gasteiger partial charge is 0.196 e. The lowest BCUT2D eigenvalue weighted by Gasteiger charge is -2.64. The number of aromatic nitrogens is 2. The van der Waals surface area contributed by atoms with E-state index in [1.165, 1.54) is 12.8 Å². The molecule has 39 heavy (non-hydrogen) atoms. The number of H-pyrrole nitrogens is 1. The molecule has 1 aliphatic heterocycles. The molecule has 5 atom stereocenters. The van der Waals surface area contributed by atoms with Crippen LogP contribution >= 0.6 is 23.2 Å². The van der Waals surface area contributed by atoms with Crippen molar-refractivity contribution in [3.63, 3.8) is 0 Å². The fourth-order valence-electron chi connectivity index (χ4n) is 7.65.